The first-order valence-electron chi connectivity index (χ1n) is 7.68. The predicted octanol–water partition coefficient (Wildman–Crippen LogP) is 2.60. The average Bonchev–Trinajstić information content (AvgIpc) is 3.16. The van der Waals surface area contributed by atoms with E-state index in [2.05, 4.69) is 15.4 Å². The molecule has 25 heavy (non-hydrogen) atoms. The van der Waals surface area contributed by atoms with Crippen LogP contribution in [-0.4, -0.2) is 34.4 Å². The summed E-state index contributed by atoms with van der Waals surface area (Å²) in [7, 11) is 1.57. The van der Waals surface area contributed by atoms with Crippen LogP contribution in [0.4, 0.5) is 5.69 Å². The zero-order valence-electron chi connectivity index (χ0n) is 14.0. The topological polar surface area (TPSA) is 78.3 Å². The lowest BCUT2D eigenvalue weighted by Gasteiger charge is -2.11. The standard InChI is InChI=1S/C18H18N4O3/c1-13-3-8-16(17(9-13)24-2)25-10-18(23)21-14-4-6-15(7-5-14)22-12-19-11-20-22/h3-9,11-12H,10H2,1-2H3,(H,21,23). The minimum Gasteiger partial charge on any atom is -0.493 e. The number of aromatic nitrogens is 3. The summed E-state index contributed by atoms with van der Waals surface area (Å²) in [5.74, 6) is 0.880. The van der Waals surface area contributed by atoms with Crippen molar-refractivity contribution in [3.63, 3.8) is 0 Å². The molecule has 0 aliphatic rings. The fraction of sp³-hybridized carbons (Fsp3) is 0.167. The molecule has 7 heteroatoms. The van der Waals surface area contributed by atoms with E-state index in [1.807, 2.05) is 31.2 Å². The molecule has 0 unspecified atom stereocenters. The van der Waals surface area contributed by atoms with Gasteiger partial charge in [0.05, 0.1) is 12.8 Å². The Morgan fingerprint density at radius 2 is 1.96 bits per heavy atom. The van der Waals surface area contributed by atoms with Crippen molar-refractivity contribution in [1.82, 2.24) is 14.8 Å². The summed E-state index contributed by atoms with van der Waals surface area (Å²) in [5.41, 5.74) is 2.59. The van der Waals surface area contributed by atoms with Crippen LogP contribution in [0.1, 0.15) is 5.56 Å². The molecule has 0 aliphatic heterocycles. The molecule has 1 heterocycles. The summed E-state index contributed by atoms with van der Waals surface area (Å²) in [6.07, 6.45) is 3.07. The SMILES string of the molecule is COc1cc(C)ccc1OCC(=O)Nc1ccc(-n2cncn2)cc1. The first kappa shape index (κ1) is 16.5. The molecule has 0 radical (unpaired) electrons. The number of carbonyl (C=O) groups is 1. The normalized spacial score (nSPS) is 10.3. The molecule has 1 N–H and O–H groups in total. The minimum absolute atomic E-state index is 0.107. The highest BCUT2D eigenvalue weighted by Gasteiger charge is 2.08. The fourth-order valence-corrected chi connectivity index (χ4v) is 2.27. The summed E-state index contributed by atoms with van der Waals surface area (Å²) in [6, 6.07) is 12.8. The van der Waals surface area contributed by atoms with Gasteiger partial charge < -0.3 is 14.8 Å². The molecule has 0 saturated carbocycles. The predicted molar refractivity (Wildman–Crippen MR) is 93.2 cm³/mol. The summed E-state index contributed by atoms with van der Waals surface area (Å²) in [6.45, 7) is 1.85. The molecule has 3 aromatic rings. The number of methoxy groups -OCH3 is 1. The number of amides is 1. The smallest absolute Gasteiger partial charge is 0.262 e. The van der Waals surface area contributed by atoms with Gasteiger partial charge in [0, 0.05) is 5.69 Å². The van der Waals surface area contributed by atoms with E-state index >= 15 is 0 Å². The van der Waals surface area contributed by atoms with Crippen molar-refractivity contribution in [2.45, 2.75) is 6.92 Å². The average molecular weight is 338 g/mol. The van der Waals surface area contributed by atoms with E-state index in [1.165, 1.54) is 6.33 Å². The van der Waals surface area contributed by atoms with Crippen LogP contribution in [0.2, 0.25) is 0 Å². The molecule has 1 aromatic heterocycles. The number of hydrogen-bond donors (Lipinski definition) is 1. The lowest BCUT2D eigenvalue weighted by molar-refractivity contribution is -0.118. The van der Waals surface area contributed by atoms with Gasteiger partial charge in [0.15, 0.2) is 18.1 Å². The lowest BCUT2D eigenvalue weighted by Crippen LogP contribution is -2.20. The van der Waals surface area contributed by atoms with E-state index in [-0.39, 0.29) is 12.5 Å². The number of aryl methyl sites for hydroxylation is 1. The van der Waals surface area contributed by atoms with Crippen molar-refractivity contribution in [3.8, 4) is 17.2 Å². The Bertz CT molecular complexity index is 845. The van der Waals surface area contributed by atoms with E-state index in [0.29, 0.717) is 17.2 Å². The van der Waals surface area contributed by atoms with Gasteiger partial charge in [-0.25, -0.2) is 9.67 Å². The Balaban J connectivity index is 1.58. The number of ether oxygens (including phenoxy) is 2. The third-order valence-electron chi connectivity index (χ3n) is 3.51. The molecule has 1 amide bonds. The Labute approximate surface area is 145 Å². The van der Waals surface area contributed by atoms with Crippen molar-refractivity contribution < 1.29 is 14.3 Å². The van der Waals surface area contributed by atoms with Crippen LogP contribution in [0, 0.1) is 6.92 Å². The van der Waals surface area contributed by atoms with Crippen LogP contribution >= 0.6 is 0 Å². The lowest BCUT2D eigenvalue weighted by atomic mass is 10.2. The highest BCUT2D eigenvalue weighted by atomic mass is 16.5. The monoisotopic (exact) mass is 338 g/mol. The number of nitrogens with one attached hydrogen (secondary N) is 1. The number of rotatable bonds is 6. The van der Waals surface area contributed by atoms with Crippen molar-refractivity contribution >= 4 is 11.6 Å². The zero-order chi connectivity index (χ0) is 17.6. The van der Waals surface area contributed by atoms with Gasteiger partial charge in [-0.2, -0.15) is 5.10 Å². The maximum atomic E-state index is 12.1. The van der Waals surface area contributed by atoms with Gasteiger partial charge >= 0.3 is 0 Å². The molecule has 3 rings (SSSR count). The Morgan fingerprint density at radius 1 is 1.16 bits per heavy atom. The third kappa shape index (κ3) is 4.14. The van der Waals surface area contributed by atoms with Crippen molar-refractivity contribution in [3.05, 3.63) is 60.7 Å². The molecule has 128 valence electrons. The van der Waals surface area contributed by atoms with E-state index in [0.717, 1.165) is 11.3 Å². The van der Waals surface area contributed by atoms with E-state index in [4.69, 9.17) is 9.47 Å². The molecule has 0 aliphatic carbocycles. The summed E-state index contributed by atoms with van der Waals surface area (Å²) < 4.78 is 12.4. The highest BCUT2D eigenvalue weighted by Crippen LogP contribution is 2.27. The van der Waals surface area contributed by atoms with E-state index in [1.54, 1.807) is 36.3 Å². The highest BCUT2D eigenvalue weighted by molar-refractivity contribution is 5.92. The summed E-state index contributed by atoms with van der Waals surface area (Å²) in [4.78, 5) is 16.0. The van der Waals surface area contributed by atoms with Crippen LogP contribution in [0.15, 0.2) is 55.1 Å². The maximum absolute atomic E-state index is 12.1. The zero-order valence-corrected chi connectivity index (χ0v) is 14.0. The quantitative estimate of drug-likeness (QED) is 0.747. The van der Waals surface area contributed by atoms with Gasteiger partial charge in [0.25, 0.3) is 5.91 Å². The number of anilines is 1. The van der Waals surface area contributed by atoms with Crippen molar-refractivity contribution in [2.75, 3.05) is 19.0 Å². The van der Waals surface area contributed by atoms with Crippen LogP contribution in [0.25, 0.3) is 5.69 Å². The molecule has 0 bridgehead atoms. The Kier molecular flexibility index (Phi) is 4.94. The summed E-state index contributed by atoms with van der Waals surface area (Å²) in [5, 5.41) is 6.83. The first-order valence-corrected chi connectivity index (χ1v) is 7.68. The largest absolute Gasteiger partial charge is 0.493 e. The molecule has 2 aromatic carbocycles. The fourth-order valence-electron chi connectivity index (χ4n) is 2.27. The molecule has 0 saturated heterocycles. The van der Waals surface area contributed by atoms with E-state index in [9.17, 15) is 4.79 Å². The van der Waals surface area contributed by atoms with Crippen molar-refractivity contribution in [2.24, 2.45) is 0 Å². The van der Waals surface area contributed by atoms with Crippen LogP contribution < -0.4 is 14.8 Å². The number of carbonyl (C=O) groups excluding carboxylic acids is 1. The molecular formula is C18H18N4O3. The van der Waals surface area contributed by atoms with Gasteiger partial charge in [-0.05, 0) is 48.9 Å². The van der Waals surface area contributed by atoms with E-state index < -0.39 is 0 Å². The Hall–Kier alpha value is -3.35. The second-order valence-electron chi connectivity index (χ2n) is 5.38. The second kappa shape index (κ2) is 7.48. The molecule has 0 spiro atoms. The summed E-state index contributed by atoms with van der Waals surface area (Å²) >= 11 is 0. The maximum Gasteiger partial charge on any atom is 0.262 e. The van der Waals surface area contributed by atoms with Crippen molar-refractivity contribution in [1.29, 1.82) is 0 Å². The number of benzene rings is 2. The molecular weight excluding hydrogens is 320 g/mol. The number of hydrogen-bond acceptors (Lipinski definition) is 5. The van der Waals surface area contributed by atoms with Crippen LogP contribution in [0.3, 0.4) is 0 Å². The van der Waals surface area contributed by atoms with Gasteiger partial charge in [-0.15, -0.1) is 0 Å². The third-order valence-corrected chi connectivity index (χ3v) is 3.51. The van der Waals surface area contributed by atoms with Gasteiger partial charge in [-0.1, -0.05) is 6.07 Å². The molecule has 7 nitrogen and oxygen atoms in total. The second-order valence-corrected chi connectivity index (χ2v) is 5.38. The van der Waals surface area contributed by atoms with Crippen LogP contribution in [-0.2, 0) is 4.79 Å². The van der Waals surface area contributed by atoms with Gasteiger partial charge in [-0.3, -0.25) is 4.79 Å². The number of nitrogens with zero attached hydrogens (tertiary/aromatic N) is 3. The van der Waals surface area contributed by atoms with Gasteiger partial charge in [0.1, 0.15) is 12.7 Å². The molecule has 0 fully saturated rings. The van der Waals surface area contributed by atoms with Gasteiger partial charge in [0.2, 0.25) is 0 Å². The molecule has 0 atom stereocenters. The Morgan fingerprint density at radius 3 is 2.64 bits per heavy atom. The first-order chi connectivity index (χ1) is 12.2. The minimum atomic E-state index is -0.254. The van der Waals surface area contributed by atoms with Crippen LogP contribution in [0.5, 0.6) is 11.5 Å².